The number of nitrogens with zero attached hydrogens (tertiary/aromatic N) is 13. The Labute approximate surface area is 821 Å². The van der Waals surface area contributed by atoms with E-state index in [0.29, 0.717) is 88.0 Å². The predicted octanol–water partition coefficient (Wildman–Crippen LogP) is 2.38. The molecule has 3 aromatic carbocycles. The van der Waals surface area contributed by atoms with Gasteiger partial charge in [-0.15, -0.1) is 10.2 Å². The monoisotopic (exact) mass is 2050 g/mol. The van der Waals surface area contributed by atoms with Gasteiger partial charge in [0.05, 0.1) is 92.3 Å². The number of H-pyrrole nitrogens is 1. The number of piperidine rings is 2. The number of aromatic nitrogens is 11. The standard InChI is InChI=1S/C88H113N19O25S4.2CO2/c1-7-85(121)42-51-41-84(4,72-59(22-26-104(44-51)48-85)58-12-9-10-13-62(58)93-72)61-39-60-65(40-69(61)129-6)103(5)79-87(60)24-27-105-25-11-23-86(8-2,78(87)105)80(118)88(79,122)81(119)99-100-83(120)130-32-33-133-134-47-54(77(116)117)36-68(110)64(38-57-46-107(102-98-57)29-31-132-136(126,127)128)94-74(112)49(3)34-67(109)63(37-56-45-106(101-97-56)28-30-131-135(123,124)125)92-70(111)21-19-53(76(114)115)35-66(108)52-17-14-50(15-18-52)16-20-55-43-90-73-71(91-55)75(113)96-82(89)95-73;2*2-1-3/h9-10,12-15,17-18,39-40,43,45-46,49,51,53-54,63-64,78-80,93,118,121-122H,7-8,11,16,19-38,41-42,44,47-48H2,1-6H3,(H,92,111)(H,94,112)(H,99,119)(H,100,120)(H,114,115)(H,116,117)(H,123,124,125)(H,126,127,128)(H3,89,90,95,96,113);;/t49-,51+,53-,54+,63+,64+,78+,79-,80-,84-,85+,86-,87-,88+;;/m1../s1. The first-order valence-electron chi connectivity index (χ1n) is 45.8. The third kappa shape index (κ3) is 25.0. The molecule has 48 nitrogen and oxygen atoms in total. The van der Waals surface area contributed by atoms with Crippen molar-refractivity contribution in [3.8, 4) is 11.6 Å². The second-order valence-electron chi connectivity index (χ2n) is 36.6. The topological polar surface area (TPSA) is 702 Å². The molecule has 2 bridgehead atoms. The van der Waals surface area contributed by atoms with Crippen molar-refractivity contribution < 1.29 is 137 Å². The molecule has 10 heterocycles. The third-order valence-electron chi connectivity index (χ3n) is 27.7. The molecule has 766 valence electrons. The maximum Gasteiger partial charge on any atom is 0.426 e. The van der Waals surface area contributed by atoms with Gasteiger partial charge in [-0.05, 0) is 125 Å². The van der Waals surface area contributed by atoms with Gasteiger partial charge in [0.25, 0.3) is 5.91 Å². The minimum Gasteiger partial charge on any atom is -0.496 e. The van der Waals surface area contributed by atoms with Crippen LogP contribution in [0.5, 0.6) is 11.6 Å². The number of para-hydroxylation sites is 1. The molecular formula is C90H113N19O29S4. The second-order valence-corrected chi connectivity index (χ2v) is 41.4. The van der Waals surface area contributed by atoms with Crippen molar-refractivity contribution in [1.29, 1.82) is 0 Å². The molecule has 1 aliphatic carbocycles. The minimum absolute atomic E-state index is 0.00317. The van der Waals surface area contributed by atoms with Crippen LogP contribution in [0.4, 0.5) is 16.4 Å². The fourth-order valence-corrected chi connectivity index (χ4v) is 24.0. The number of ketones is 3. The highest BCUT2D eigenvalue weighted by Gasteiger charge is 2.79. The van der Waals surface area contributed by atoms with E-state index in [2.05, 4.69) is 110 Å². The molecule has 5 aliphatic heterocycles. The minimum atomic E-state index is -4.87. The number of aliphatic carboxylic acids is 2. The fraction of sp³-hybridized carbons (Fsp3) is 0.544. The van der Waals surface area contributed by atoms with Gasteiger partial charge in [-0.1, -0.05) is 95.3 Å². The van der Waals surface area contributed by atoms with Crippen molar-refractivity contribution in [3.63, 3.8) is 0 Å². The fourth-order valence-electron chi connectivity index (χ4n) is 21.3. The number of nitrogen functional groups attached to an aromatic ring is 1. The number of carboxylic acids is 2. The summed E-state index contributed by atoms with van der Waals surface area (Å²) < 4.78 is 86.3. The third-order valence-corrected chi connectivity index (χ3v) is 31.1. The number of Topliss-reactive ketones (excluding diaryl/α,β-unsaturated/α-hetero) is 3. The first kappa shape index (κ1) is 109. The van der Waals surface area contributed by atoms with E-state index in [1.165, 1.54) is 43.2 Å². The van der Waals surface area contributed by atoms with Gasteiger partial charge >= 0.3 is 51.1 Å². The molecule has 0 radical (unpaired) electrons. The van der Waals surface area contributed by atoms with Crippen LogP contribution in [0.15, 0.2) is 79.3 Å². The number of amides is 4. The van der Waals surface area contributed by atoms with Crippen LogP contribution in [0.25, 0.3) is 22.1 Å². The summed E-state index contributed by atoms with van der Waals surface area (Å²) in [4.78, 5) is 185. The lowest BCUT2D eigenvalue weighted by Gasteiger charge is -2.64. The van der Waals surface area contributed by atoms with Crippen molar-refractivity contribution >= 4 is 141 Å². The van der Waals surface area contributed by atoms with Gasteiger partial charge in [0.1, 0.15) is 18.5 Å². The number of fused-ring (bicyclic) bond motifs is 7. The van der Waals surface area contributed by atoms with Gasteiger partial charge in [0.2, 0.25) is 23.6 Å². The number of hydrogen-bond donors (Lipinski definition) is 14. The highest BCUT2D eigenvalue weighted by molar-refractivity contribution is 8.76. The Morgan fingerprint density at radius 1 is 0.739 bits per heavy atom. The summed E-state index contributed by atoms with van der Waals surface area (Å²) in [5.41, 5.74) is 11.5. The summed E-state index contributed by atoms with van der Waals surface area (Å²) >= 11 is 0. The van der Waals surface area contributed by atoms with E-state index in [9.17, 15) is 85.8 Å². The van der Waals surface area contributed by atoms with E-state index >= 15 is 4.79 Å². The number of aryl methyl sites for hydroxylation is 2. The van der Waals surface area contributed by atoms with Crippen molar-refractivity contribution in [2.75, 3.05) is 88.8 Å². The van der Waals surface area contributed by atoms with Gasteiger partial charge in [-0.2, -0.15) is 46.0 Å². The highest BCUT2D eigenvalue weighted by Crippen LogP contribution is 2.69. The first-order valence-corrected chi connectivity index (χ1v) is 51.0. The number of aromatic amines is 1. The van der Waals surface area contributed by atoms with Crippen LogP contribution in [0.2, 0.25) is 0 Å². The zero-order chi connectivity index (χ0) is 103. The molecule has 3 saturated heterocycles. The van der Waals surface area contributed by atoms with E-state index in [1.807, 2.05) is 44.0 Å². The number of carbonyl (C=O) groups excluding carboxylic acids is 11. The lowest BCUT2D eigenvalue weighted by atomic mass is 9.46. The molecule has 52 heteroatoms. The number of aromatic hydroxyl groups is 1. The molecule has 1 unspecified atom stereocenters. The summed E-state index contributed by atoms with van der Waals surface area (Å²) in [5, 5.41) is 92.2. The van der Waals surface area contributed by atoms with Crippen LogP contribution in [0.3, 0.4) is 0 Å². The zero-order valence-corrected chi connectivity index (χ0v) is 81.6. The smallest absolute Gasteiger partial charge is 0.426 e. The Kier molecular flexibility index (Phi) is 35.5. The molecule has 15 atom stereocenters. The first-order chi connectivity index (χ1) is 67.4. The number of likely N-dealkylation sites (N-methyl/N-ethyl adjacent to an activating group) is 1. The molecule has 15 N–H and O–H groups in total. The number of aliphatic hydroxyl groups is 3. The Morgan fingerprint density at radius 3 is 2.02 bits per heavy atom. The molecule has 1 spiro atoms. The van der Waals surface area contributed by atoms with Gasteiger partial charge in [0, 0.05) is 157 Å². The number of ether oxygens (including phenoxy) is 2. The molecular weight excluding hydrogens is 1940 g/mol. The maximum atomic E-state index is 15.4. The van der Waals surface area contributed by atoms with Gasteiger partial charge < -0.3 is 66.4 Å². The van der Waals surface area contributed by atoms with Gasteiger partial charge in [-0.25, -0.2) is 37.9 Å². The number of carboxylic acid groups (broad SMARTS) is 2. The average Bonchev–Trinajstić information content (AvgIpc) is 1.47. The molecule has 6 aliphatic rings. The normalized spacial score (nSPS) is 23.2. The molecule has 4 fully saturated rings. The van der Waals surface area contributed by atoms with Gasteiger partial charge in [0.15, 0.2) is 34.1 Å². The summed E-state index contributed by atoms with van der Waals surface area (Å²) in [6.07, 6.45) is 3.31. The molecule has 4 amide bonds. The van der Waals surface area contributed by atoms with Crippen LogP contribution in [-0.4, -0.2) is 306 Å². The van der Waals surface area contributed by atoms with Crippen LogP contribution < -0.4 is 36.9 Å². The number of benzene rings is 3. The lowest BCUT2D eigenvalue weighted by molar-refractivity contribution is -0.222. The predicted molar refractivity (Wildman–Crippen MR) is 500 cm³/mol. The summed E-state index contributed by atoms with van der Waals surface area (Å²) in [6, 6.07) is 14.3. The van der Waals surface area contributed by atoms with E-state index in [-0.39, 0.29) is 89.5 Å². The van der Waals surface area contributed by atoms with Crippen LogP contribution in [0, 0.1) is 29.1 Å². The van der Waals surface area contributed by atoms with Gasteiger partial charge in [-0.3, -0.25) is 62.7 Å². The summed E-state index contributed by atoms with van der Waals surface area (Å²) in [6.45, 7) is 8.91. The Balaban J connectivity index is 0.00000293. The Hall–Kier alpha value is -12.3. The molecule has 1 saturated carbocycles. The molecule has 8 aromatic rings. The lowest BCUT2D eigenvalue weighted by Crippen LogP contribution is -2.82. The quantitative estimate of drug-likeness (QED) is 0.00857. The maximum absolute atomic E-state index is 15.4. The van der Waals surface area contributed by atoms with Crippen LogP contribution in [-0.2, 0) is 143 Å². The number of rotatable bonds is 43. The molecule has 142 heavy (non-hydrogen) atoms. The number of hydrazine groups is 1. The number of hydrogen-bond acceptors (Lipinski definition) is 39. The number of methoxy groups -OCH3 is 1. The van der Waals surface area contributed by atoms with Crippen molar-refractivity contribution in [2.45, 2.75) is 202 Å². The molecule has 14 rings (SSSR count). The number of nitrogens with two attached hydrogens (primary N) is 1. The number of carbonyl (C=O) groups is 9. The highest BCUT2D eigenvalue weighted by atomic mass is 33.1. The van der Waals surface area contributed by atoms with Crippen LogP contribution >= 0.6 is 21.6 Å². The second kappa shape index (κ2) is 46.4. The van der Waals surface area contributed by atoms with Crippen molar-refractivity contribution in [1.82, 2.24) is 86.2 Å². The number of anilines is 2. The average molecular weight is 2050 g/mol. The van der Waals surface area contributed by atoms with Crippen LogP contribution in [0.1, 0.15) is 160 Å². The van der Waals surface area contributed by atoms with E-state index in [4.69, 9.17) is 43.5 Å². The Bertz CT molecular complexity index is 6290. The van der Waals surface area contributed by atoms with Crippen molar-refractivity contribution in [3.05, 3.63) is 130 Å². The van der Waals surface area contributed by atoms with Crippen molar-refractivity contribution in [2.24, 2.45) is 29.1 Å². The Morgan fingerprint density at radius 2 is 1.39 bits per heavy atom. The summed E-state index contributed by atoms with van der Waals surface area (Å²) in [5.74, 6) is -12.4. The van der Waals surface area contributed by atoms with E-state index in [0.717, 1.165) is 90.3 Å². The summed E-state index contributed by atoms with van der Waals surface area (Å²) in [7, 11) is -4.24. The van der Waals surface area contributed by atoms with E-state index in [1.54, 1.807) is 19.2 Å². The largest absolute Gasteiger partial charge is 0.496 e. The SMILES string of the molecule is CC[C@]1(O)C[C@H]2CN(CCc3c([nH]c4ccccc34)[C@@](C)(c3cc4c(cc3OC)N(C)[C@H]3[C@@](O)(C(=O)NNC(=O)OCCSSC[C@H](CC(=O)[C@H](Cc5cn(CCOS(=O)(=O)O)nn5)NC(=O)[C@H](C)CC(=O)[C@H](Cc5cn(CCOS(=O)(=O)O)nn5)NC(=O)CC[C@H](CC(=O)c5ccc(CCc6cnc7nc(N)nc(O)c7n6)cc5)C(=O)O)C(=O)O)[C@H](O)[C@]5(CC)CCCN6CC[C@]43[C@@H]65)C2)C1.O=C=O.O=C=O. The number of nitrogens with one attached hydrogen (secondary N) is 5. The number of aliphatic hydroxyl groups excluding tert-OH is 1. The van der Waals surface area contributed by atoms with E-state index < -0.39 is 207 Å². The zero-order valence-electron chi connectivity index (χ0n) is 78.4. The molecule has 5 aromatic heterocycles.